The first-order valence-corrected chi connectivity index (χ1v) is 7.47. The Labute approximate surface area is 137 Å². The number of alkyl halides is 3. The second-order valence-electron chi connectivity index (χ2n) is 5.51. The van der Waals surface area contributed by atoms with E-state index in [0.717, 1.165) is 13.0 Å². The van der Waals surface area contributed by atoms with Gasteiger partial charge >= 0.3 is 6.36 Å². The number of hydrogen-bond acceptors (Lipinski definition) is 3. The van der Waals surface area contributed by atoms with Crippen molar-refractivity contribution in [1.82, 2.24) is 0 Å². The molecule has 1 aliphatic heterocycles. The van der Waals surface area contributed by atoms with Crippen molar-refractivity contribution in [3.05, 3.63) is 60.3 Å². The van der Waals surface area contributed by atoms with Gasteiger partial charge < -0.3 is 14.4 Å². The second-order valence-corrected chi connectivity index (χ2v) is 5.51. The minimum Gasteiger partial charge on any atom is -0.455 e. The van der Waals surface area contributed by atoms with E-state index in [1.807, 2.05) is 24.1 Å². The molecule has 0 aromatic heterocycles. The van der Waals surface area contributed by atoms with Gasteiger partial charge in [-0.1, -0.05) is 23.8 Å². The molecule has 0 radical (unpaired) electrons. The predicted octanol–water partition coefficient (Wildman–Crippen LogP) is 5.49. The molecule has 0 N–H and O–H groups in total. The quantitative estimate of drug-likeness (QED) is 0.737. The van der Waals surface area contributed by atoms with Crippen LogP contribution in [-0.4, -0.2) is 12.9 Å². The fraction of sp³-hybridized carbons (Fsp3) is 0.222. The number of hydrogen-bond donors (Lipinski definition) is 0. The Morgan fingerprint density at radius 1 is 1.00 bits per heavy atom. The van der Waals surface area contributed by atoms with Crippen LogP contribution in [0.1, 0.15) is 13.3 Å². The molecular formula is C18H16F3NO2. The Bertz CT molecular complexity index is 742. The van der Waals surface area contributed by atoms with E-state index in [1.54, 1.807) is 30.3 Å². The van der Waals surface area contributed by atoms with Gasteiger partial charge in [-0.3, -0.25) is 0 Å². The molecule has 0 saturated carbocycles. The van der Waals surface area contributed by atoms with Crippen LogP contribution in [0.15, 0.2) is 60.3 Å². The molecule has 2 aromatic rings. The Morgan fingerprint density at radius 3 is 2.38 bits per heavy atom. The highest BCUT2D eigenvalue weighted by molar-refractivity contribution is 5.64. The SMILES string of the molecule is CC1=CN(c2ccc(OC(F)(F)F)cc2Oc2ccccc2)CC1. The third-order valence-corrected chi connectivity index (χ3v) is 3.57. The van der Waals surface area contributed by atoms with Crippen molar-refractivity contribution in [1.29, 1.82) is 0 Å². The Kier molecular flexibility index (Phi) is 4.38. The molecule has 24 heavy (non-hydrogen) atoms. The number of benzene rings is 2. The molecule has 3 rings (SSSR count). The molecule has 2 aromatic carbocycles. The van der Waals surface area contributed by atoms with Gasteiger partial charge in [-0.15, -0.1) is 13.2 Å². The average Bonchev–Trinajstić information content (AvgIpc) is 2.93. The lowest BCUT2D eigenvalue weighted by atomic mass is 10.2. The monoisotopic (exact) mass is 335 g/mol. The van der Waals surface area contributed by atoms with Crippen LogP contribution in [0.4, 0.5) is 18.9 Å². The molecule has 0 amide bonds. The zero-order valence-corrected chi connectivity index (χ0v) is 13.0. The van der Waals surface area contributed by atoms with Crippen LogP contribution < -0.4 is 14.4 Å². The van der Waals surface area contributed by atoms with Gasteiger partial charge in [0.15, 0.2) is 5.75 Å². The Balaban J connectivity index is 1.95. The lowest BCUT2D eigenvalue weighted by Crippen LogP contribution is -2.17. The van der Waals surface area contributed by atoms with Crippen LogP contribution in [0.5, 0.6) is 17.2 Å². The molecule has 0 spiro atoms. The summed E-state index contributed by atoms with van der Waals surface area (Å²) in [6.45, 7) is 2.77. The van der Waals surface area contributed by atoms with E-state index in [0.29, 0.717) is 17.2 Å². The fourth-order valence-electron chi connectivity index (χ4n) is 2.51. The summed E-state index contributed by atoms with van der Waals surface area (Å²) in [6, 6.07) is 13.0. The molecule has 0 aliphatic carbocycles. The van der Waals surface area contributed by atoms with Crippen molar-refractivity contribution in [2.45, 2.75) is 19.7 Å². The van der Waals surface area contributed by atoms with E-state index < -0.39 is 6.36 Å². The summed E-state index contributed by atoms with van der Waals surface area (Å²) in [6.07, 6.45) is -1.86. The van der Waals surface area contributed by atoms with Gasteiger partial charge in [0.25, 0.3) is 0 Å². The van der Waals surface area contributed by atoms with Crippen LogP contribution in [0.25, 0.3) is 0 Å². The van der Waals surface area contributed by atoms with Crippen LogP contribution in [0.2, 0.25) is 0 Å². The Morgan fingerprint density at radius 2 is 1.75 bits per heavy atom. The first kappa shape index (κ1) is 16.2. The highest BCUT2D eigenvalue weighted by Crippen LogP contribution is 2.38. The molecule has 3 nitrogen and oxygen atoms in total. The van der Waals surface area contributed by atoms with Gasteiger partial charge in [0.1, 0.15) is 11.5 Å². The normalized spacial score (nSPS) is 14.5. The third kappa shape index (κ3) is 4.01. The average molecular weight is 335 g/mol. The van der Waals surface area contributed by atoms with Crippen molar-refractivity contribution < 1.29 is 22.6 Å². The largest absolute Gasteiger partial charge is 0.573 e. The number of anilines is 1. The van der Waals surface area contributed by atoms with Crippen molar-refractivity contribution in [3.63, 3.8) is 0 Å². The number of para-hydroxylation sites is 1. The van der Waals surface area contributed by atoms with E-state index in [4.69, 9.17) is 4.74 Å². The van der Waals surface area contributed by atoms with Crippen molar-refractivity contribution in [3.8, 4) is 17.2 Å². The molecule has 6 heteroatoms. The number of ether oxygens (including phenoxy) is 2. The Hall–Kier alpha value is -2.63. The van der Waals surface area contributed by atoms with Crippen molar-refractivity contribution >= 4 is 5.69 Å². The van der Waals surface area contributed by atoms with Gasteiger partial charge in [0, 0.05) is 18.8 Å². The van der Waals surface area contributed by atoms with Gasteiger partial charge in [0.2, 0.25) is 0 Å². The molecule has 1 aliphatic rings. The summed E-state index contributed by atoms with van der Waals surface area (Å²) in [5.74, 6) is 0.550. The zero-order valence-electron chi connectivity index (χ0n) is 13.0. The molecular weight excluding hydrogens is 319 g/mol. The van der Waals surface area contributed by atoms with Crippen LogP contribution in [0.3, 0.4) is 0 Å². The summed E-state index contributed by atoms with van der Waals surface area (Å²) in [4.78, 5) is 1.96. The standard InChI is InChI=1S/C18H16F3NO2/c1-13-9-10-22(12-13)16-8-7-15(24-18(19,20)21)11-17(16)23-14-5-3-2-4-6-14/h2-8,11-12H,9-10H2,1H3. The molecule has 1 heterocycles. The molecule has 126 valence electrons. The van der Waals surface area contributed by atoms with Gasteiger partial charge in [-0.2, -0.15) is 0 Å². The maximum atomic E-state index is 12.5. The van der Waals surface area contributed by atoms with E-state index >= 15 is 0 Å². The van der Waals surface area contributed by atoms with E-state index in [1.165, 1.54) is 17.7 Å². The van der Waals surface area contributed by atoms with Crippen molar-refractivity contribution in [2.24, 2.45) is 0 Å². The summed E-state index contributed by atoms with van der Waals surface area (Å²) in [5, 5.41) is 0. The predicted molar refractivity (Wildman–Crippen MR) is 85.4 cm³/mol. The maximum absolute atomic E-state index is 12.5. The summed E-state index contributed by atoms with van der Waals surface area (Å²) in [7, 11) is 0. The number of halogens is 3. The first-order chi connectivity index (χ1) is 11.4. The lowest BCUT2D eigenvalue weighted by Gasteiger charge is -2.21. The first-order valence-electron chi connectivity index (χ1n) is 7.47. The van der Waals surface area contributed by atoms with Gasteiger partial charge in [-0.05, 0) is 37.6 Å². The second kappa shape index (κ2) is 6.47. The summed E-state index contributed by atoms with van der Waals surface area (Å²) < 4.78 is 47.2. The third-order valence-electron chi connectivity index (χ3n) is 3.57. The molecule has 0 bridgehead atoms. The molecule has 0 saturated heterocycles. The molecule has 0 fully saturated rings. The topological polar surface area (TPSA) is 21.7 Å². The number of rotatable bonds is 4. The van der Waals surface area contributed by atoms with Crippen LogP contribution >= 0.6 is 0 Å². The van der Waals surface area contributed by atoms with Crippen molar-refractivity contribution in [2.75, 3.05) is 11.4 Å². The zero-order chi connectivity index (χ0) is 17.2. The van der Waals surface area contributed by atoms with E-state index in [2.05, 4.69) is 4.74 Å². The van der Waals surface area contributed by atoms with Gasteiger partial charge in [-0.25, -0.2) is 0 Å². The minimum absolute atomic E-state index is 0.308. The summed E-state index contributed by atoms with van der Waals surface area (Å²) >= 11 is 0. The van der Waals surface area contributed by atoms with Crippen LogP contribution in [-0.2, 0) is 0 Å². The smallest absolute Gasteiger partial charge is 0.455 e. The highest BCUT2D eigenvalue weighted by atomic mass is 19.4. The summed E-state index contributed by atoms with van der Waals surface area (Å²) in [5.41, 5.74) is 1.90. The molecule has 0 unspecified atom stereocenters. The lowest BCUT2D eigenvalue weighted by molar-refractivity contribution is -0.274. The maximum Gasteiger partial charge on any atom is 0.573 e. The van der Waals surface area contributed by atoms with Crippen LogP contribution in [0, 0.1) is 0 Å². The number of nitrogens with zero attached hydrogens (tertiary/aromatic N) is 1. The highest BCUT2D eigenvalue weighted by Gasteiger charge is 2.31. The minimum atomic E-state index is -4.74. The van der Waals surface area contributed by atoms with E-state index in [9.17, 15) is 13.2 Å². The fourth-order valence-corrected chi connectivity index (χ4v) is 2.51. The van der Waals surface area contributed by atoms with Gasteiger partial charge in [0.05, 0.1) is 5.69 Å². The molecule has 0 atom stereocenters. The van der Waals surface area contributed by atoms with E-state index in [-0.39, 0.29) is 5.75 Å².